The molecule has 102 valence electrons. The average molecular weight is 261 g/mol. The van der Waals surface area contributed by atoms with Crippen LogP contribution in [0.2, 0.25) is 0 Å². The number of carbonyl (C=O) groups is 2. The zero-order valence-corrected chi connectivity index (χ0v) is 11.2. The number of fused-ring (bicyclic) bond motifs is 1. The lowest BCUT2D eigenvalue weighted by molar-refractivity contribution is -0.118. The van der Waals surface area contributed by atoms with E-state index < -0.39 is 6.04 Å². The molecule has 0 unspecified atom stereocenters. The van der Waals surface area contributed by atoms with Gasteiger partial charge in [-0.2, -0.15) is 0 Å². The van der Waals surface area contributed by atoms with Crippen molar-refractivity contribution in [3.63, 3.8) is 0 Å². The molecule has 1 aromatic rings. The third-order valence-electron chi connectivity index (χ3n) is 3.29. The highest BCUT2D eigenvalue weighted by atomic mass is 16.2. The molecule has 0 spiro atoms. The number of carbonyl (C=O) groups excluding carboxylic acids is 2. The Bertz CT molecular complexity index is 511. The van der Waals surface area contributed by atoms with E-state index in [0.717, 1.165) is 17.7 Å². The lowest BCUT2D eigenvalue weighted by Gasteiger charge is -2.19. The summed E-state index contributed by atoms with van der Waals surface area (Å²) in [5, 5.41) is 5.58. The summed E-state index contributed by atoms with van der Waals surface area (Å²) in [6, 6.07) is 5.00. The van der Waals surface area contributed by atoms with E-state index in [1.165, 1.54) is 0 Å². The molecule has 0 saturated heterocycles. The Morgan fingerprint density at radius 1 is 1.37 bits per heavy atom. The highest BCUT2D eigenvalue weighted by Gasteiger charge is 2.19. The molecule has 2 amide bonds. The van der Waals surface area contributed by atoms with Crippen molar-refractivity contribution in [2.75, 3.05) is 10.6 Å². The van der Waals surface area contributed by atoms with E-state index in [1.54, 1.807) is 6.07 Å². The number of aryl methyl sites for hydroxylation is 1. The van der Waals surface area contributed by atoms with Crippen molar-refractivity contribution in [3.05, 3.63) is 23.8 Å². The molecule has 0 aliphatic carbocycles. The van der Waals surface area contributed by atoms with Crippen LogP contribution in [-0.2, 0) is 16.0 Å². The zero-order chi connectivity index (χ0) is 14.0. The molecule has 1 aliphatic rings. The van der Waals surface area contributed by atoms with Gasteiger partial charge < -0.3 is 16.4 Å². The van der Waals surface area contributed by atoms with Crippen LogP contribution in [-0.4, -0.2) is 17.9 Å². The summed E-state index contributed by atoms with van der Waals surface area (Å²) in [5.74, 6) is -0.121. The molecule has 1 aromatic carbocycles. The average Bonchev–Trinajstić information content (AvgIpc) is 2.37. The second-order valence-corrected chi connectivity index (χ2v) is 5.18. The van der Waals surface area contributed by atoms with Gasteiger partial charge in [-0.25, -0.2) is 0 Å². The van der Waals surface area contributed by atoms with E-state index >= 15 is 0 Å². The van der Waals surface area contributed by atoms with Crippen LogP contribution in [0.15, 0.2) is 18.2 Å². The molecule has 5 nitrogen and oxygen atoms in total. The van der Waals surface area contributed by atoms with Crippen molar-refractivity contribution in [2.45, 2.75) is 32.7 Å². The van der Waals surface area contributed by atoms with Crippen LogP contribution in [0.5, 0.6) is 0 Å². The number of anilines is 2. The molecule has 1 aliphatic heterocycles. The second kappa shape index (κ2) is 5.40. The fourth-order valence-corrected chi connectivity index (χ4v) is 1.98. The first-order chi connectivity index (χ1) is 8.97. The van der Waals surface area contributed by atoms with E-state index in [2.05, 4.69) is 10.6 Å². The predicted octanol–water partition coefficient (Wildman–Crippen LogP) is 1.49. The third kappa shape index (κ3) is 3.12. The minimum Gasteiger partial charge on any atom is -0.326 e. The van der Waals surface area contributed by atoms with Crippen molar-refractivity contribution < 1.29 is 9.59 Å². The first kappa shape index (κ1) is 13.5. The van der Waals surface area contributed by atoms with E-state index in [9.17, 15) is 9.59 Å². The molecule has 4 N–H and O–H groups in total. The van der Waals surface area contributed by atoms with Gasteiger partial charge in [0.05, 0.1) is 6.04 Å². The normalized spacial score (nSPS) is 15.7. The summed E-state index contributed by atoms with van der Waals surface area (Å²) in [6.07, 6.45) is 1.25. The summed E-state index contributed by atoms with van der Waals surface area (Å²) in [7, 11) is 0. The Balaban J connectivity index is 2.12. The number of rotatable bonds is 3. The standard InChI is InChI=1S/C14H19N3O2/c1-8(2)13(15)14(19)16-10-5-3-9-4-6-12(18)17-11(9)7-10/h3,5,7-8,13H,4,6,15H2,1-2H3,(H,16,19)(H,17,18)/t13-/m0/s1. The largest absolute Gasteiger partial charge is 0.326 e. The van der Waals surface area contributed by atoms with E-state index in [-0.39, 0.29) is 17.7 Å². The first-order valence-corrected chi connectivity index (χ1v) is 6.46. The second-order valence-electron chi connectivity index (χ2n) is 5.18. The van der Waals surface area contributed by atoms with Gasteiger partial charge in [0.15, 0.2) is 0 Å². The number of nitrogens with one attached hydrogen (secondary N) is 2. The Morgan fingerprint density at radius 3 is 2.79 bits per heavy atom. The van der Waals surface area contributed by atoms with Gasteiger partial charge in [-0.1, -0.05) is 19.9 Å². The SMILES string of the molecule is CC(C)[C@H](N)C(=O)Nc1ccc2c(c1)NC(=O)CC2. The highest BCUT2D eigenvalue weighted by molar-refractivity contribution is 5.97. The van der Waals surface area contributed by atoms with Crippen LogP contribution in [0.1, 0.15) is 25.8 Å². The van der Waals surface area contributed by atoms with Gasteiger partial charge in [-0.3, -0.25) is 9.59 Å². The molecule has 0 saturated carbocycles. The summed E-state index contributed by atoms with van der Waals surface area (Å²) < 4.78 is 0. The smallest absolute Gasteiger partial charge is 0.241 e. The zero-order valence-electron chi connectivity index (χ0n) is 11.2. The highest BCUT2D eigenvalue weighted by Crippen LogP contribution is 2.26. The van der Waals surface area contributed by atoms with Gasteiger partial charge in [0, 0.05) is 17.8 Å². The molecule has 0 fully saturated rings. The molecule has 0 radical (unpaired) electrons. The Kier molecular flexibility index (Phi) is 3.85. The Morgan fingerprint density at radius 2 is 2.11 bits per heavy atom. The maximum Gasteiger partial charge on any atom is 0.241 e. The maximum atomic E-state index is 11.9. The van der Waals surface area contributed by atoms with Crippen molar-refractivity contribution in [2.24, 2.45) is 11.7 Å². The molecule has 5 heteroatoms. The number of nitrogens with two attached hydrogens (primary N) is 1. The van der Waals surface area contributed by atoms with Crippen LogP contribution in [0, 0.1) is 5.92 Å². The van der Waals surface area contributed by atoms with Crippen molar-refractivity contribution >= 4 is 23.2 Å². The van der Waals surface area contributed by atoms with Gasteiger partial charge >= 0.3 is 0 Å². The Labute approximate surface area is 112 Å². The summed E-state index contributed by atoms with van der Waals surface area (Å²) in [5.41, 5.74) is 8.30. The monoisotopic (exact) mass is 261 g/mol. The fourth-order valence-electron chi connectivity index (χ4n) is 1.98. The van der Waals surface area contributed by atoms with Gasteiger partial charge in [0.1, 0.15) is 0 Å². The Hall–Kier alpha value is -1.88. The third-order valence-corrected chi connectivity index (χ3v) is 3.29. The minimum atomic E-state index is -0.536. The molecule has 0 aromatic heterocycles. The molecule has 0 bridgehead atoms. The van der Waals surface area contributed by atoms with Crippen molar-refractivity contribution in [3.8, 4) is 0 Å². The molecular formula is C14H19N3O2. The summed E-state index contributed by atoms with van der Waals surface area (Å²) in [4.78, 5) is 23.2. The molecule has 19 heavy (non-hydrogen) atoms. The van der Waals surface area contributed by atoms with Gasteiger partial charge in [0.2, 0.25) is 11.8 Å². The van der Waals surface area contributed by atoms with Crippen LogP contribution in [0.25, 0.3) is 0 Å². The van der Waals surface area contributed by atoms with Crippen LogP contribution in [0.3, 0.4) is 0 Å². The number of benzene rings is 1. The van der Waals surface area contributed by atoms with Crippen LogP contribution < -0.4 is 16.4 Å². The minimum absolute atomic E-state index is 0.00913. The molecule has 1 atom stereocenters. The molecule has 2 rings (SSSR count). The molecular weight excluding hydrogens is 242 g/mol. The van der Waals surface area contributed by atoms with Crippen molar-refractivity contribution in [1.29, 1.82) is 0 Å². The van der Waals surface area contributed by atoms with E-state index in [4.69, 9.17) is 5.73 Å². The van der Waals surface area contributed by atoms with E-state index in [1.807, 2.05) is 26.0 Å². The maximum absolute atomic E-state index is 11.9. The van der Waals surface area contributed by atoms with E-state index in [0.29, 0.717) is 12.1 Å². The lowest BCUT2D eigenvalue weighted by atomic mass is 10.0. The fraction of sp³-hybridized carbons (Fsp3) is 0.429. The van der Waals surface area contributed by atoms with Gasteiger partial charge in [-0.05, 0) is 30.0 Å². The molecule has 1 heterocycles. The van der Waals surface area contributed by atoms with Crippen molar-refractivity contribution in [1.82, 2.24) is 0 Å². The van der Waals surface area contributed by atoms with Crippen LogP contribution in [0.4, 0.5) is 11.4 Å². The summed E-state index contributed by atoms with van der Waals surface area (Å²) in [6.45, 7) is 3.80. The quantitative estimate of drug-likeness (QED) is 0.770. The van der Waals surface area contributed by atoms with Crippen LogP contribution >= 0.6 is 0 Å². The summed E-state index contributed by atoms with van der Waals surface area (Å²) >= 11 is 0. The number of amides is 2. The van der Waals surface area contributed by atoms with Gasteiger partial charge in [-0.15, -0.1) is 0 Å². The predicted molar refractivity (Wildman–Crippen MR) is 74.8 cm³/mol. The van der Waals surface area contributed by atoms with Gasteiger partial charge in [0.25, 0.3) is 0 Å². The number of hydrogen-bond donors (Lipinski definition) is 3. The lowest BCUT2D eigenvalue weighted by Crippen LogP contribution is -2.39. The topological polar surface area (TPSA) is 84.2 Å². The first-order valence-electron chi connectivity index (χ1n) is 6.46. The number of hydrogen-bond acceptors (Lipinski definition) is 3.